The van der Waals surface area contributed by atoms with Gasteiger partial charge in [-0.2, -0.15) is 0 Å². The minimum Gasteiger partial charge on any atom is -0.497 e. The van der Waals surface area contributed by atoms with Crippen molar-refractivity contribution in [3.63, 3.8) is 0 Å². The highest BCUT2D eigenvalue weighted by Crippen LogP contribution is 2.29. The third-order valence-electron chi connectivity index (χ3n) is 4.62. The van der Waals surface area contributed by atoms with E-state index < -0.39 is 0 Å². The van der Waals surface area contributed by atoms with Crippen molar-refractivity contribution in [2.75, 3.05) is 14.2 Å². The molecule has 1 unspecified atom stereocenters. The van der Waals surface area contributed by atoms with Crippen LogP contribution in [-0.4, -0.2) is 43.1 Å². The van der Waals surface area contributed by atoms with Gasteiger partial charge in [0.2, 0.25) is 5.91 Å². The first-order chi connectivity index (χ1) is 11.5. The van der Waals surface area contributed by atoms with Gasteiger partial charge in [0.15, 0.2) is 0 Å². The lowest BCUT2D eigenvalue weighted by molar-refractivity contribution is -0.145. The molecule has 132 valence electrons. The molecule has 1 aromatic rings. The van der Waals surface area contributed by atoms with Crippen LogP contribution in [0.15, 0.2) is 18.2 Å². The molecule has 0 fully saturated rings. The Kier molecular flexibility index (Phi) is 6.23. The fourth-order valence-electron chi connectivity index (χ4n) is 3.43. The summed E-state index contributed by atoms with van der Waals surface area (Å²) in [6, 6.07) is 6.44. The molecule has 24 heavy (non-hydrogen) atoms. The van der Waals surface area contributed by atoms with Crippen molar-refractivity contribution in [1.82, 2.24) is 4.90 Å². The van der Waals surface area contributed by atoms with Crippen LogP contribution in [-0.2, 0) is 27.2 Å². The molecule has 1 aliphatic rings. The topological polar surface area (TPSA) is 55.8 Å². The highest BCUT2D eigenvalue weighted by atomic mass is 16.5. The van der Waals surface area contributed by atoms with E-state index in [0.717, 1.165) is 25.0 Å². The molecule has 0 bridgehead atoms. The summed E-state index contributed by atoms with van der Waals surface area (Å²) < 4.78 is 9.92. The summed E-state index contributed by atoms with van der Waals surface area (Å²) in [5.41, 5.74) is 2.58. The van der Waals surface area contributed by atoms with E-state index in [0.29, 0.717) is 0 Å². The standard InChI is InChI=1S/C19H27NO4/c1-13(2)20(18(21)9-10-19(22)24-4)16-7-5-15-12-17(23-3)8-6-14(15)11-16/h6,8,12-13,16H,5,7,9-11H2,1-4H3. The monoisotopic (exact) mass is 333 g/mol. The number of carbonyl (C=O) groups excluding carboxylic acids is 2. The molecule has 0 saturated heterocycles. The van der Waals surface area contributed by atoms with Gasteiger partial charge in [0.1, 0.15) is 5.75 Å². The van der Waals surface area contributed by atoms with E-state index in [-0.39, 0.29) is 36.8 Å². The van der Waals surface area contributed by atoms with Gasteiger partial charge in [0.05, 0.1) is 20.6 Å². The first-order valence-electron chi connectivity index (χ1n) is 8.50. The number of hydrogen-bond donors (Lipinski definition) is 0. The van der Waals surface area contributed by atoms with Crippen molar-refractivity contribution in [2.24, 2.45) is 0 Å². The molecular weight excluding hydrogens is 306 g/mol. The first kappa shape index (κ1) is 18.3. The second kappa shape index (κ2) is 8.18. The fourth-order valence-corrected chi connectivity index (χ4v) is 3.43. The predicted octanol–water partition coefficient (Wildman–Crippen LogP) is 2.74. The number of nitrogens with zero attached hydrogens (tertiary/aromatic N) is 1. The highest BCUT2D eigenvalue weighted by molar-refractivity contribution is 5.81. The molecule has 0 radical (unpaired) electrons. The molecular formula is C19H27NO4. The number of hydrogen-bond acceptors (Lipinski definition) is 4. The third kappa shape index (κ3) is 4.28. The predicted molar refractivity (Wildman–Crippen MR) is 92.0 cm³/mol. The minimum absolute atomic E-state index is 0.0253. The first-order valence-corrected chi connectivity index (χ1v) is 8.50. The van der Waals surface area contributed by atoms with Crippen LogP contribution in [0.1, 0.15) is 44.2 Å². The Morgan fingerprint density at radius 2 is 1.96 bits per heavy atom. The van der Waals surface area contributed by atoms with Gasteiger partial charge in [0, 0.05) is 18.5 Å². The molecule has 5 nitrogen and oxygen atoms in total. The Hall–Kier alpha value is -2.04. The van der Waals surface area contributed by atoms with Gasteiger partial charge in [-0.1, -0.05) is 6.07 Å². The number of fused-ring (bicyclic) bond motifs is 1. The lowest BCUT2D eigenvalue weighted by Gasteiger charge is -2.38. The molecule has 1 atom stereocenters. The van der Waals surface area contributed by atoms with Gasteiger partial charge in [-0.15, -0.1) is 0 Å². The highest BCUT2D eigenvalue weighted by Gasteiger charge is 2.29. The summed E-state index contributed by atoms with van der Waals surface area (Å²) in [6.45, 7) is 4.05. The molecule has 0 heterocycles. The van der Waals surface area contributed by atoms with Crippen molar-refractivity contribution >= 4 is 11.9 Å². The maximum Gasteiger partial charge on any atom is 0.306 e. The Labute approximate surface area is 143 Å². The van der Waals surface area contributed by atoms with Crippen LogP contribution < -0.4 is 4.74 Å². The molecule has 0 saturated carbocycles. The van der Waals surface area contributed by atoms with Crippen LogP contribution in [0.4, 0.5) is 0 Å². The normalized spacial score (nSPS) is 16.5. The Bertz CT molecular complexity index is 597. The van der Waals surface area contributed by atoms with E-state index in [1.807, 2.05) is 24.8 Å². The third-order valence-corrected chi connectivity index (χ3v) is 4.62. The summed E-state index contributed by atoms with van der Waals surface area (Å²) in [5, 5.41) is 0. The number of amides is 1. The van der Waals surface area contributed by atoms with E-state index in [9.17, 15) is 9.59 Å². The lowest BCUT2D eigenvalue weighted by atomic mass is 9.86. The van der Waals surface area contributed by atoms with E-state index in [1.54, 1.807) is 7.11 Å². The zero-order valence-corrected chi connectivity index (χ0v) is 15.0. The van der Waals surface area contributed by atoms with Gasteiger partial charge in [0.25, 0.3) is 0 Å². The average Bonchev–Trinajstić information content (AvgIpc) is 2.58. The van der Waals surface area contributed by atoms with E-state index in [4.69, 9.17) is 4.74 Å². The Balaban J connectivity index is 2.09. The van der Waals surface area contributed by atoms with Crippen molar-refractivity contribution in [1.29, 1.82) is 0 Å². The molecule has 1 amide bonds. The molecule has 1 aromatic carbocycles. The van der Waals surface area contributed by atoms with Crippen molar-refractivity contribution < 1.29 is 19.1 Å². The molecule has 0 N–H and O–H groups in total. The van der Waals surface area contributed by atoms with Gasteiger partial charge in [-0.05, 0) is 56.4 Å². The molecule has 0 aliphatic heterocycles. The van der Waals surface area contributed by atoms with E-state index >= 15 is 0 Å². The molecule has 0 aromatic heterocycles. The molecule has 0 spiro atoms. The number of esters is 1. The minimum atomic E-state index is -0.340. The second-order valence-corrected chi connectivity index (χ2v) is 6.50. The number of methoxy groups -OCH3 is 2. The lowest BCUT2D eigenvalue weighted by Crippen LogP contribution is -2.47. The number of carbonyl (C=O) groups is 2. The molecule has 2 rings (SSSR count). The SMILES string of the molecule is COC(=O)CCC(=O)N(C(C)C)C1CCc2cc(OC)ccc2C1. The summed E-state index contributed by atoms with van der Waals surface area (Å²) in [6.07, 6.45) is 3.06. The van der Waals surface area contributed by atoms with Gasteiger partial charge in [-0.3, -0.25) is 9.59 Å². The summed E-state index contributed by atoms with van der Waals surface area (Å²) in [7, 11) is 3.02. The smallest absolute Gasteiger partial charge is 0.306 e. The number of rotatable bonds is 6. The summed E-state index contributed by atoms with van der Waals surface area (Å²) in [5.74, 6) is 0.563. The van der Waals surface area contributed by atoms with Gasteiger partial charge in [-0.25, -0.2) is 0 Å². The average molecular weight is 333 g/mol. The van der Waals surface area contributed by atoms with Crippen molar-refractivity contribution in [2.45, 2.75) is 58.0 Å². The number of benzene rings is 1. The Morgan fingerprint density at radius 3 is 2.58 bits per heavy atom. The van der Waals surface area contributed by atoms with Crippen LogP contribution in [0.5, 0.6) is 5.75 Å². The maximum atomic E-state index is 12.6. The van der Waals surface area contributed by atoms with Crippen molar-refractivity contribution in [3.05, 3.63) is 29.3 Å². The van der Waals surface area contributed by atoms with Crippen LogP contribution in [0.25, 0.3) is 0 Å². The fraction of sp³-hybridized carbons (Fsp3) is 0.579. The van der Waals surface area contributed by atoms with Gasteiger partial charge >= 0.3 is 5.97 Å². The zero-order valence-electron chi connectivity index (χ0n) is 15.0. The van der Waals surface area contributed by atoms with Crippen LogP contribution in [0.2, 0.25) is 0 Å². The largest absolute Gasteiger partial charge is 0.497 e. The maximum absolute atomic E-state index is 12.6. The zero-order chi connectivity index (χ0) is 17.7. The van der Waals surface area contributed by atoms with Gasteiger partial charge < -0.3 is 14.4 Å². The number of aryl methyl sites for hydroxylation is 1. The van der Waals surface area contributed by atoms with E-state index in [1.165, 1.54) is 18.2 Å². The van der Waals surface area contributed by atoms with Crippen molar-refractivity contribution in [3.8, 4) is 5.75 Å². The van der Waals surface area contributed by atoms with Crippen LogP contribution >= 0.6 is 0 Å². The summed E-state index contributed by atoms with van der Waals surface area (Å²) >= 11 is 0. The van der Waals surface area contributed by atoms with Crippen LogP contribution in [0.3, 0.4) is 0 Å². The van der Waals surface area contributed by atoms with E-state index in [2.05, 4.69) is 16.9 Å². The Morgan fingerprint density at radius 1 is 1.21 bits per heavy atom. The molecule has 5 heteroatoms. The molecule has 1 aliphatic carbocycles. The van der Waals surface area contributed by atoms with Crippen LogP contribution in [0, 0.1) is 0 Å². The number of ether oxygens (including phenoxy) is 2. The second-order valence-electron chi connectivity index (χ2n) is 6.50. The summed E-state index contributed by atoms with van der Waals surface area (Å²) in [4.78, 5) is 25.9. The quantitative estimate of drug-likeness (QED) is 0.751.